The summed E-state index contributed by atoms with van der Waals surface area (Å²) in [4.78, 5) is 12.7. The van der Waals surface area contributed by atoms with Crippen molar-refractivity contribution in [3.8, 4) is 0 Å². The van der Waals surface area contributed by atoms with Gasteiger partial charge in [0.1, 0.15) is 6.17 Å². The minimum Gasteiger partial charge on any atom is -0.351 e. The van der Waals surface area contributed by atoms with E-state index in [1.165, 1.54) is 17.8 Å². The zero-order chi connectivity index (χ0) is 14.4. The summed E-state index contributed by atoms with van der Waals surface area (Å²) >= 11 is 0. The molecule has 0 bridgehead atoms. The minimum absolute atomic E-state index is 0. The van der Waals surface area contributed by atoms with Crippen LogP contribution in [-0.4, -0.2) is 41.9 Å². The number of anilines is 1. The maximum atomic E-state index is 4.58. The molecule has 0 radical (unpaired) electrons. The van der Waals surface area contributed by atoms with E-state index in [4.69, 9.17) is 0 Å². The van der Waals surface area contributed by atoms with E-state index >= 15 is 0 Å². The van der Waals surface area contributed by atoms with Gasteiger partial charge < -0.3 is 20.1 Å². The minimum atomic E-state index is 0. The lowest BCUT2D eigenvalue weighted by atomic mass is 9.90. The smallest absolute Gasteiger partial charge is 0.153 e. The highest BCUT2D eigenvalue weighted by Crippen LogP contribution is 2.43. The number of nitrogens with one attached hydrogen (secondary N) is 2. The van der Waals surface area contributed by atoms with E-state index in [2.05, 4.69) is 57.4 Å². The van der Waals surface area contributed by atoms with E-state index in [0.717, 1.165) is 31.4 Å². The van der Waals surface area contributed by atoms with Crippen LogP contribution in [0.15, 0.2) is 29.2 Å². The second kappa shape index (κ2) is 7.16. The van der Waals surface area contributed by atoms with Crippen LogP contribution in [-0.2, 0) is 0 Å². The molecule has 0 amide bonds. The molecule has 0 aliphatic carbocycles. The van der Waals surface area contributed by atoms with Crippen LogP contribution in [0.4, 0.5) is 11.5 Å². The molecule has 4 rings (SSSR count). The van der Waals surface area contributed by atoms with Gasteiger partial charge in [-0.15, -0.1) is 24.8 Å². The van der Waals surface area contributed by atoms with E-state index in [0.29, 0.717) is 5.92 Å². The van der Waals surface area contributed by atoms with Crippen LogP contribution in [0.1, 0.15) is 20.3 Å². The monoisotopic (exact) mass is 357 g/mol. The summed E-state index contributed by atoms with van der Waals surface area (Å²) in [6.07, 6.45) is 7.88. The molecule has 3 aliphatic rings. The van der Waals surface area contributed by atoms with Crippen molar-refractivity contribution in [3.05, 3.63) is 24.2 Å². The first-order valence-electron chi connectivity index (χ1n) is 8.02. The molecule has 3 atom stereocenters. The van der Waals surface area contributed by atoms with Gasteiger partial charge in [0.2, 0.25) is 0 Å². The molecule has 0 spiro atoms. The fourth-order valence-electron chi connectivity index (χ4n) is 3.90. The van der Waals surface area contributed by atoms with Gasteiger partial charge in [-0.25, -0.2) is 4.99 Å². The summed E-state index contributed by atoms with van der Waals surface area (Å²) in [5, 5.41) is 3.57. The van der Waals surface area contributed by atoms with Crippen molar-refractivity contribution < 1.29 is 0 Å². The zero-order valence-corrected chi connectivity index (χ0v) is 15.2. The van der Waals surface area contributed by atoms with E-state index in [1.54, 1.807) is 0 Å². The van der Waals surface area contributed by atoms with Crippen molar-refractivity contribution in [2.75, 3.05) is 24.5 Å². The van der Waals surface area contributed by atoms with Gasteiger partial charge in [-0.2, -0.15) is 0 Å². The first-order chi connectivity index (χ1) is 10.3. The summed E-state index contributed by atoms with van der Waals surface area (Å²) in [7, 11) is 0. The lowest BCUT2D eigenvalue weighted by Crippen LogP contribution is -2.43. The lowest BCUT2D eigenvalue weighted by Gasteiger charge is -2.35. The lowest BCUT2D eigenvalue weighted by molar-refractivity contribution is 0.382. The Morgan fingerprint density at radius 2 is 2.09 bits per heavy atom. The third-order valence-electron chi connectivity index (χ3n) is 5.09. The highest BCUT2D eigenvalue weighted by molar-refractivity contribution is 5.86. The average Bonchev–Trinajstić information content (AvgIpc) is 3.22. The van der Waals surface area contributed by atoms with Gasteiger partial charge >= 0.3 is 0 Å². The molecule has 23 heavy (non-hydrogen) atoms. The Hall–Kier alpha value is -1.17. The standard InChI is InChI=1S/C16H23N5.2ClH/c1-3-11-7-17-8-12(11)14-10-20(4-2)15-9-19-16-13(21(14)15)5-6-18-16;;/h5-6,9-12,15,17-18H,3-4,7-8H2,1-2H3;2*1H/t11-,12+,15?;;/m1../s1. The molecule has 0 saturated carbocycles. The molecule has 2 N–H and O–H groups in total. The van der Waals surface area contributed by atoms with E-state index in [-0.39, 0.29) is 31.0 Å². The fraction of sp³-hybridized carbons (Fsp3) is 0.562. The predicted octanol–water partition coefficient (Wildman–Crippen LogP) is 3.13. The number of aromatic amines is 1. The van der Waals surface area contributed by atoms with Gasteiger partial charge in [-0.1, -0.05) is 13.3 Å². The Morgan fingerprint density at radius 1 is 1.26 bits per heavy atom. The molecule has 1 unspecified atom stereocenters. The van der Waals surface area contributed by atoms with E-state index in [1.807, 2.05) is 6.20 Å². The van der Waals surface area contributed by atoms with E-state index < -0.39 is 0 Å². The van der Waals surface area contributed by atoms with Crippen molar-refractivity contribution in [3.63, 3.8) is 0 Å². The van der Waals surface area contributed by atoms with Crippen LogP contribution in [0.5, 0.6) is 0 Å². The summed E-state index contributed by atoms with van der Waals surface area (Å²) in [6, 6.07) is 2.15. The highest BCUT2D eigenvalue weighted by Gasteiger charge is 2.41. The van der Waals surface area contributed by atoms with Crippen LogP contribution < -0.4 is 10.2 Å². The Balaban J connectivity index is 0.000000960. The number of aromatic nitrogens is 1. The van der Waals surface area contributed by atoms with Gasteiger partial charge in [0.05, 0.1) is 11.9 Å². The number of nitrogens with zero attached hydrogens (tertiary/aromatic N) is 3. The maximum Gasteiger partial charge on any atom is 0.153 e. The van der Waals surface area contributed by atoms with Gasteiger partial charge in [0.15, 0.2) is 5.82 Å². The summed E-state index contributed by atoms with van der Waals surface area (Å²) in [6.45, 7) is 7.74. The number of hydrogen-bond acceptors (Lipinski definition) is 4. The topological polar surface area (TPSA) is 46.7 Å². The van der Waals surface area contributed by atoms with Crippen molar-refractivity contribution in [2.24, 2.45) is 16.8 Å². The maximum absolute atomic E-state index is 4.58. The Kier molecular flexibility index (Phi) is 5.65. The molecule has 1 fully saturated rings. The van der Waals surface area contributed by atoms with Crippen LogP contribution >= 0.6 is 24.8 Å². The third-order valence-corrected chi connectivity index (χ3v) is 5.09. The van der Waals surface area contributed by atoms with Crippen molar-refractivity contribution in [2.45, 2.75) is 26.4 Å². The number of aliphatic imine (C=N–C) groups is 1. The number of fused-ring (bicyclic) bond motifs is 3. The average molecular weight is 358 g/mol. The van der Waals surface area contributed by atoms with Crippen LogP contribution in [0.2, 0.25) is 0 Å². The van der Waals surface area contributed by atoms with Gasteiger partial charge in [0, 0.05) is 37.1 Å². The molecule has 7 heteroatoms. The summed E-state index contributed by atoms with van der Waals surface area (Å²) < 4.78 is 0. The first-order valence-corrected chi connectivity index (χ1v) is 8.02. The van der Waals surface area contributed by atoms with Crippen LogP contribution in [0.25, 0.3) is 0 Å². The molecule has 1 aromatic rings. The number of hydrogen-bond donors (Lipinski definition) is 2. The highest BCUT2D eigenvalue weighted by atomic mass is 35.5. The second-order valence-corrected chi connectivity index (χ2v) is 6.09. The Bertz CT molecular complexity index is 597. The second-order valence-electron chi connectivity index (χ2n) is 6.09. The van der Waals surface area contributed by atoms with Gasteiger partial charge in [-0.3, -0.25) is 0 Å². The first kappa shape index (κ1) is 18.2. The largest absolute Gasteiger partial charge is 0.351 e. The summed E-state index contributed by atoms with van der Waals surface area (Å²) in [5.41, 5.74) is 2.66. The van der Waals surface area contributed by atoms with E-state index in [9.17, 15) is 0 Å². The zero-order valence-electron chi connectivity index (χ0n) is 13.5. The molecule has 1 saturated heterocycles. The van der Waals surface area contributed by atoms with Crippen molar-refractivity contribution in [1.82, 2.24) is 15.2 Å². The van der Waals surface area contributed by atoms with Crippen LogP contribution in [0, 0.1) is 11.8 Å². The van der Waals surface area contributed by atoms with Crippen molar-refractivity contribution >= 4 is 42.5 Å². The molecule has 5 nitrogen and oxygen atoms in total. The molecule has 0 aromatic carbocycles. The Morgan fingerprint density at radius 3 is 2.83 bits per heavy atom. The fourth-order valence-corrected chi connectivity index (χ4v) is 3.90. The molecular formula is C16H25Cl2N5. The molecule has 4 heterocycles. The van der Waals surface area contributed by atoms with Gasteiger partial charge in [-0.05, 0) is 25.5 Å². The normalized spacial score (nSPS) is 27.9. The predicted molar refractivity (Wildman–Crippen MR) is 100 cm³/mol. The molecular weight excluding hydrogens is 333 g/mol. The molecule has 3 aliphatic heterocycles. The van der Waals surface area contributed by atoms with Crippen molar-refractivity contribution in [1.29, 1.82) is 0 Å². The summed E-state index contributed by atoms with van der Waals surface area (Å²) in [5.74, 6) is 2.31. The van der Waals surface area contributed by atoms with Gasteiger partial charge in [0.25, 0.3) is 0 Å². The van der Waals surface area contributed by atoms with Crippen LogP contribution in [0.3, 0.4) is 0 Å². The molecule has 1 aromatic heterocycles. The molecule has 128 valence electrons. The Labute approximate surface area is 150 Å². The third kappa shape index (κ3) is 2.75. The number of halogens is 2. The SMILES string of the molecule is CC[C@@H]1CNC[C@@H]1C1=CN(CC)C2C=Nc3[nH]ccc3N12.Cl.Cl. The number of H-pyrrole nitrogens is 1. The number of rotatable bonds is 3. The quantitative estimate of drug-likeness (QED) is 0.873.